The van der Waals surface area contributed by atoms with E-state index in [0.29, 0.717) is 32.8 Å². The monoisotopic (exact) mass is 445 g/mol. The molecule has 0 radical (unpaired) electrons. The standard InChI is InChI=1S/C20H16BrNO6/c1-11-15(20(25)28-22-11)7-13-8-16(21)18(17(9-13)26-2)27-10-12-3-5-14(6-4-12)19(23)24/h3-9H,10H2,1-2H3,(H,23,24)/b15-7-. The van der Waals surface area contributed by atoms with Crippen LogP contribution in [-0.4, -0.2) is 29.9 Å². The maximum absolute atomic E-state index is 11.7. The number of oxime groups is 1. The van der Waals surface area contributed by atoms with Crippen LogP contribution in [-0.2, 0) is 16.2 Å². The number of carboxylic acids is 1. The lowest BCUT2D eigenvalue weighted by Crippen LogP contribution is -2.02. The van der Waals surface area contributed by atoms with Crippen LogP contribution in [0.25, 0.3) is 6.08 Å². The molecular weight excluding hydrogens is 430 g/mol. The van der Waals surface area contributed by atoms with Gasteiger partial charge in [-0.2, -0.15) is 0 Å². The van der Waals surface area contributed by atoms with Gasteiger partial charge in [0.1, 0.15) is 6.61 Å². The Labute approximate surface area is 169 Å². The van der Waals surface area contributed by atoms with E-state index in [9.17, 15) is 9.59 Å². The summed E-state index contributed by atoms with van der Waals surface area (Å²) < 4.78 is 11.9. The van der Waals surface area contributed by atoms with E-state index >= 15 is 0 Å². The topological polar surface area (TPSA) is 94.4 Å². The Kier molecular flexibility index (Phi) is 5.79. The van der Waals surface area contributed by atoms with E-state index in [1.807, 2.05) is 0 Å². The summed E-state index contributed by atoms with van der Waals surface area (Å²) in [7, 11) is 1.52. The van der Waals surface area contributed by atoms with Crippen LogP contribution in [0.15, 0.2) is 51.6 Å². The first-order chi connectivity index (χ1) is 13.4. The average Bonchev–Trinajstić information content (AvgIpc) is 2.99. The lowest BCUT2D eigenvalue weighted by molar-refractivity contribution is -0.136. The number of aromatic carboxylic acids is 1. The van der Waals surface area contributed by atoms with Crippen molar-refractivity contribution in [3.8, 4) is 11.5 Å². The predicted octanol–water partition coefficient (Wildman–Crippen LogP) is 4.05. The fourth-order valence-electron chi connectivity index (χ4n) is 2.55. The van der Waals surface area contributed by atoms with E-state index in [-0.39, 0.29) is 12.2 Å². The normalized spacial score (nSPS) is 14.6. The summed E-state index contributed by atoms with van der Waals surface area (Å²) in [6.45, 7) is 1.92. The number of halogens is 1. The second-order valence-corrected chi connectivity index (χ2v) is 6.79. The Bertz CT molecular complexity index is 995. The smallest absolute Gasteiger partial charge is 0.367 e. The second-order valence-electron chi connectivity index (χ2n) is 5.94. The first-order valence-electron chi connectivity index (χ1n) is 8.19. The van der Waals surface area contributed by atoms with Gasteiger partial charge in [-0.05, 0) is 64.3 Å². The highest BCUT2D eigenvalue weighted by molar-refractivity contribution is 9.10. The molecule has 0 amide bonds. The van der Waals surface area contributed by atoms with Crippen LogP contribution >= 0.6 is 15.9 Å². The van der Waals surface area contributed by atoms with E-state index in [0.717, 1.165) is 5.56 Å². The molecule has 0 saturated heterocycles. The molecule has 144 valence electrons. The Hall–Kier alpha value is -3.13. The zero-order chi connectivity index (χ0) is 20.3. The predicted molar refractivity (Wildman–Crippen MR) is 106 cm³/mol. The molecular formula is C20H16BrNO6. The highest BCUT2D eigenvalue weighted by Gasteiger charge is 2.22. The molecule has 0 spiro atoms. The molecule has 0 aromatic heterocycles. The molecule has 2 aromatic rings. The van der Waals surface area contributed by atoms with Crippen LogP contribution in [0.1, 0.15) is 28.4 Å². The third-order valence-corrected chi connectivity index (χ3v) is 4.61. The number of ether oxygens (including phenoxy) is 2. The minimum Gasteiger partial charge on any atom is -0.493 e. The summed E-state index contributed by atoms with van der Waals surface area (Å²) in [6, 6.07) is 9.95. The lowest BCUT2D eigenvalue weighted by Gasteiger charge is -2.14. The fourth-order valence-corrected chi connectivity index (χ4v) is 3.12. The summed E-state index contributed by atoms with van der Waals surface area (Å²) >= 11 is 3.46. The van der Waals surface area contributed by atoms with Gasteiger partial charge < -0.3 is 19.4 Å². The van der Waals surface area contributed by atoms with Gasteiger partial charge in [0.05, 0.1) is 28.4 Å². The summed E-state index contributed by atoms with van der Waals surface area (Å²) in [4.78, 5) is 27.3. The number of hydrogen-bond donors (Lipinski definition) is 1. The Morgan fingerprint density at radius 1 is 1.29 bits per heavy atom. The summed E-state index contributed by atoms with van der Waals surface area (Å²) in [5, 5.41) is 12.6. The van der Waals surface area contributed by atoms with Crippen LogP contribution in [0.2, 0.25) is 0 Å². The van der Waals surface area contributed by atoms with Crippen molar-refractivity contribution < 1.29 is 29.0 Å². The van der Waals surface area contributed by atoms with Gasteiger partial charge in [0, 0.05) is 0 Å². The molecule has 0 bridgehead atoms. The van der Waals surface area contributed by atoms with E-state index in [4.69, 9.17) is 14.6 Å². The van der Waals surface area contributed by atoms with Crippen LogP contribution in [0.3, 0.4) is 0 Å². The molecule has 1 N–H and O–H groups in total. The summed E-state index contributed by atoms with van der Waals surface area (Å²) in [5.41, 5.74) is 2.62. The number of carbonyl (C=O) groups is 2. The maximum Gasteiger partial charge on any atom is 0.367 e. The van der Waals surface area contributed by atoms with Crippen molar-refractivity contribution in [1.82, 2.24) is 0 Å². The third kappa shape index (κ3) is 4.23. The molecule has 0 unspecified atom stereocenters. The average molecular weight is 446 g/mol. The molecule has 1 aliphatic rings. The molecule has 1 heterocycles. The van der Waals surface area contributed by atoms with Crippen LogP contribution in [0.4, 0.5) is 0 Å². The van der Waals surface area contributed by atoms with E-state index in [1.54, 1.807) is 37.3 Å². The Balaban J connectivity index is 1.82. The van der Waals surface area contributed by atoms with Gasteiger partial charge in [-0.25, -0.2) is 9.59 Å². The number of rotatable bonds is 6. The number of methoxy groups -OCH3 is 1. The molecule has 1 aliphatic heterocycles. The molecule has 0 aliphatic carbocycles. The van der Waals surface area contributed by atoms with Crippen molar-refractivity contribution >= 4 is 39.7 Å². The van der Waals surface area contributed by atoms with E-state index in [1.165, 1.54) is 19.2 Å². The van der Waals surface area contributed by atoms with Gasteiger partial charge in [0.15, 0.2) is 11.5 Å². The number of hydrogen-bond acceptors (Lipinski definition) is 6. The first kappa shape index (κ1) is 19.6. The molecule has 0 saturated carbocycles. The zero-order valence-corrected chi connectivity index (χ0v) is 16.6. The van der Waals surface area contributed by atoms with Crippen molar-refractivity contribution in [3.63, 3.8) is 0 Å². The highest BCUT2D eigenvalue weighted by atomic mass is 79.9. The third-order valence-electron chi connectivity index (χ3n) is 4.02. The van der Waals surface area contributed by atoms with Gasteiger partial charge in [-0.1, -0.05) is 17.3 Å². The van der Waals surface area contributed by atoms with Gasteiger partial charge in [-0.15, -0.1) is 0 Å². The van der Waals surface area contributed by atoms with E-state index in [2.05, 4.69) is 25.9 Å². The van der Waals surface area contributed by atoms with Crippen molar-refractivity contribution in [2.75, 3.05) is 7.11 Å². The number of benzene rings is 2. The van der Waals surface area contributed by atoms with Gasteiger partial charge >= 0.3 is 11.9 Å². The highest BCUT2D eigenvalue weighted by Crippen LogP contribution is 2.38. The molecule has 2 aromatic carbocycles. The minimum atomic E-state index is -0.979. The Morgan fingerprint density at radius 2 is 2.00 bits per heavy atom. The van der Waals surface area contributed by atoms with Crippen molar-refractivity contribution in [1.29, 1.82) is 0 Å². The minimum absolute atomic E-state index is 0.212. The van der Waals surface area contributed by atoms with Crippen LogP contribution < -0.4 is 9.47 Å². The number of carboxylic acid groups (broad SMARTS) is 1. The zero-order valence-electron chi connectivity index (χ0n) is 15.1. The molecule has 28 heavy (non-hydrogen) atoms. The summed E-state index contributed by atoms with van der Waals surface area (Å²) in [6.07, 6.45) is 1.66. The summed E-state index contributed by atoms with van der Waals surface area (Å²) in [5.74, 6) is -0.513. The molecule has 0 fully saturated rings. The lowest BCUT2D eigenvalue weighted by atomic mass is 10.1. The first-order valence-corrected chi connectivity index (χ1v) is 8.99. The molecule has 8 heteroatoms. The van der Waals surface area contributed by atoms with E-state index < -0.39 is 11.9 Å². The molecule has 3 rings (SSSR count). The van der Waals surface area contributed by atoms with Crippen molar-refractivity contribution in [2.24, 2.45) is 5.16 Å². The van der Waals surface area contributed by atoms with Crippen LogP contribution in [0, 0.1) is 0 Å². The van der Waals surface area contributed by atoms with Gasteiger partial charge in [0.25, 0.3) is 0 Å². The molecule has 7 nitrogen and oxygen atoms in total. The van der Waals surface area contributed by atoms with Gasteiger partial charge in [-0.3, -0.25) is 0 Å². The number of carbonyl (C=O) groups excluding carboxylic acids is 1. The van der Waals surface area contributed by atoms with Gasteiger partial charge in [0.2, 0.25) is 0 Å². The largest absolute Gasteiger partial charge is 0.493 e. The quantitative estimate of drug-likeness (QED) is 0.532. The maximum atomic E-state index is 11.7. The van der Waals surface area contributed by atoms with Crippen LogP contribution in [0.5, 0.6) is 11.5 Å². The SMILES string of the molecule is COc1cc(/C=C2\C(=O)ON=C2C)cc(Br)c1OCc1ccc(C(=O)O)cc1. The second kappa shape index (κ2) is 8.26. The van der Waals surface area contributed by atoms with Crippen molar-refractivity contribution in [3.05, 3.63) is 63.1 Å². The van der Waals surface area contributed by atoms with Crippen molar-refractivity contribution in [2.45, 2.75) is 13.5 Å². The number of nitrogens with zero attached hydrogens (tertiary/aromatic N) is 1. The molecule has 0 atom stereocenters. The Morgan fingerprint density at radius 3 is 2.57 bits per heavy atom. The fraction of sp³-hybridized carbons (Fsp3) is 0.150.